The molecule has 1 atom stereocenters. The Morgan fingerprint density at radius 3 is 2.06 bits per heavy atom. The molecule has 1 aliphatic heterocycles. The van der Waals surface area contributed by atoms with Gasteiger partial charge in [-0.3, -0.25) is 0 Å². The Hall–Kier alpha value is 0.151. The molecular weight excluding hydrogens is 281 g/mol. The SMILES string of the molecule is C[Si]1(C)N[Si](C)(C)N(F)[Si](C)(C=S(=O)=O)N1. The van der Waals surface area contributed by atoms with Crippen LogP contribution in [0.2, 0.25) is 32.7 Å². The summed E-state index contributed by atoms with van der Waals surface area (Å²) in [7, 11) is -9.46. The van der Waals surface area contributed by atoms with Crippen molar-refractivity contribution in [3.05, 3.63) is 0 Å². The summed E-state index contributed by atoms with van der Waals surface area (Å²) in [5.74, 6) is 0. The van der Waals surface area contributed by atoms with Crippen molar-refractivity contribution < 1.29 is 12.9 Å². The predicted molar refractivity (Wildman–Crippen MR) is 70.8 cm³/mol. The minimum atomic E-state index is -2.83. The molecule has 1 unspecified atom stereocenters. The summed E-state index contributed by atoms with van der Waals surface area (Å²) in [6, 6.07) is 0. The zero-order valence-electron chi connectivity index (χ0n) is 10.1. The van der Waals surface area contributed by atoms with E-state index in [9.17, 15) is 12.9 Å². The van der Waals surface area contributed by atoms with Crippen LogP contribution in [0.3, 0.4) is 0 Å². The predicted octanol–water partition coefficient (Wildman–Crippen LogP) is 0.0618. The third kappa shape index (κ3) is 2.88. The van der Waals surface area contributed by atoms with Gasteiger partial charge in [0.1, 0.15) is 0 Å². The minimum absolute atomic E-state index is 0.772. The van der Waals surface area contributed by atoms with Crippen molar-refractivity contribution >= 4 is 40.5 Å². The molecule has 1 heterocycles. The molecule has 1 saturated heterocycles. The molecule has 0 amide bonds. The zero-order valence-corrected chi connectivity index (χ0v) is 13.9. The maximum absolute atomic E-state index is 14.3. The fourth-order valence-corrected chi connectivity index (χ4v) is 23.9. The Morgan fingerprint density at radius 2 is 1.62 bits per heavy atom. The van der Waals surface area contributed by atoms with Crippen LogP contribution in [0.25, 0.3) is 0 Å². The van der Waals surface area contributed by atoms with Crippen LogP contribution in [0.15, 0.2) is 0 Å². The molecule has 16 heavy (non-hydrogen) atoms. The van der Waals surface area contributed by atoms with Crippen LogP contribution in [0.4, 0.5) is 4.48 Å². The lowest BCUT2D eigenvalue weighted by Gasteiger charge is -2.51. The largest absolute Gasteiger partial charge is 0.335 e. The molecule has 1 aliphatic rings. The fraction of sp³-hybridized carbons (Fsp3) is 0.833. The lowest BCUT2D eigenvalue weighted by atomic mass is 11.9. The summed E-state index contributed by atoms with van der Waals surface area (Å²) >= 11 is 0. The second-order valence-corrected chi connectivity index (χ2v) is 18.6. The lowest BCUT2D eigenvalue weighted by molar-refractivity contribution is 0.226. The first-order valence-corrected chi connectivity index (χ1v) is 14.6. The van der Waals surface area contributed by atoms with Crippen molar-refractivity contribution in [1.82, 2.24) is 13.7 Å². The van der Waals surface area contributed by atoms with E-state index in [1.165, 1.54) is 0 Å². The van der Waals surface area contributed by atoms with Gasteiger partial charge in [-0.05, 0) is 32.7 Å². The molecule has 0 aromatic carbocycles. The van der Waals surface area contributed by atoms with E-state index in [0.717, 1.165) is 9.44 Å². The summed E-state index contributed by atoms with van der Waals surface area (Å²) in [5, 5.41) is 0. The Balaban J connectivity index is 3.24. The molecule has 0 bridgehead atoms. The van der Waals surface area contributed by atoms with E-state index in [1.54, 1.807) is 6.55 Å². The first-order valence-electron chi connectivity index (χ1n) is 4.97. The molecule has 5 nitrogen and oxygen atoms in total. The van der Waals surface area contributed by atoms with E-state index in [4.69, 9.17) is 0 Å². The Bertz CT molecular complexity index is 419. The molecule has 94 valence electrons. The normalized spacial score (nSPS) is 33.4. The van der Waals surface area contributed by atoms with Crippen LogP contribution in [0.5, 0.6) is 0 Å². The Morgan fingerprint density at radius 1 is 1.12 bits per heavy atom. The van der Waals surface area contributed by atoms with Gasteiger partial charge in [-0.2, -0.15) is 12.9 Å². The molecule has 0 spiro atoms. The maximum Gasteiger partial charge on any atom is 0.262 e. The van der Waals surface area contributed by atoms with Crippen molar-refractivity contribution in [3.63, 3.8) is 0 Å². The topological polar surface area (TPSA) is 61.4 Å². The summed E-state index contributed by atoms with van der Waals surface area (Å²) in [5.41, 5.74) is 0. The van der Waals surface area contributed by atoms with E-state index in [1.807, 2.05) is 26.2 Å². The standard InChI is InChI=1S/C6H18FN3O2SSi3/c1-14(2)8-15(3,4)10(7)16(5,9-14)6-13(11)12/h6,8-9H,1-5H3. The molecule has 10 heteroatoms. The van der Waals surface area contributed by atoms with Crippen LogP contribution in [-0.2, 0) is 10.3 Å². The van der Waals surface area contributed by atoms with E-state index >= 15 is 0 Å². The quantitative estimate of drug-likeness (QED) is 0.407. The van der Waals surface area contributed by atoms with Gasteiger partial charge in [-0.15, -0.1) is 4.48 Å². The van der Waals surface area contributed by atoms with E-state index in [2.05, 4.69) is 9.30 Å². The van der Waals surface area contributed by atoms with Gasteiger partial charge in [0.05, 0.1) is 4.99 Å². The Kier molecular flexibility index (Phi) is 3.66. The van der Waals surface area contributed by atoms with Gasteiger partial charge in [0.25, 0.3) is 8.40 Å². The van der Waals surface area contributed by atoms with E-state index < -0.39 is 35.5 Å². The highest BCUT2D eigenvalue weighted by molar-refractivity contribution is 7.76. The van der Waals surface area contributed by atoms with Crippen molar-refractivity contribution in [2.45, 2.75) is 32.7 Å². The van der Waals surface area contributed by atoms with E-state index in [-0.39, 0.29) is 0 Å². The second kappa shape index (κ2) is 4.12. The summed E-state index contributed by atoms with van der Waals surface area (Å²) < 4.78 is 43.2. The van der Waals surface area contributed by atoms with Crippen LogP contribution >= 0.6 is 0 Å². The number of nitrogens with one attached hydrogen (secondary N) is 2. The van der Waals surface area contributed by atoms with Crippen LogP contribution < -0.4 is 9.30 Å². The van der Waals surface area contributed by atoms with Crippen molar-refractivity contribution in [2.75, 3.05) is 0 Å². The smallest absolute Gasteiger partial charge is 0.262 e. The highest BCUT2D eigenvalue weighted by Gasteiger charge is 2.54. The molecule has 0 aromatic heterocycles. The van der Waals surface area contributed by atoms with Crippen LogP contribution in [0, 0.1) is 0 Å². The molecule has 0 aliphatic carbocycles. The van der Waals surface area contributed by atoms with E-state index in [0.29, 0.717) is 0 Å². The van der Waals surface area contributed by atoms with Crippen molar-refractivity contribution in [3.8, 4) is 0 Å². The van der Waals surface area contributed by atoms with Gasteiger partial charge in [0.15, 0.2) is 8.40 Å². The Labute approximate surface area is 100 Å². The first-order chi connectivity index (χ1) is 6.99. The number of rotatable bonds is 1. The minimum Gasteiger partial charge on any atom is -0.335 e. The van der Waals surface area contributed by atoms with Gasteiger partial charge in [0.2, 0.25) is 18.7 Å². The molecular formula is C6H18FN3O2SSi3. The first kappa shape index (κ1) is 14.2. The summed E-state index contributed by atoms with van der Waals surface area (Å²) in [6.07, 6.45) is 0. The highest BCUT2D eigenvalue weighted by atomic mass is 32.2. The number of halogens is 1. The van der Waals surface area contributed by atoms with Gasteiger partial charge in [-0.1, -0.05) is 0 Å². The third-order valence-corrected chi connectivity index (χ3v) is 19.4. The lowest BCUT2D eigenvalue weighted by Crippen LogP contribution is -2.88. The summed E-state index contributed by atoms with van der Waals surface area (Å²) in [4.78, 5) is 1.12. The average Bonchev–Trinajstić information content (AvgIpc) is 1.95. The molecule has 1 rings (SSSR count). The molecule has 2 N–H and O–H groups in total. The molecule has 0 saturated carbocycles. The fourth-order valence-electron chi connectivity index (χ4n) is 2.37. The van der Waals surface area contributed by atoms with Gasteiger partial charge in [0, 0.05) is 0 Å². The number of hydrogen-bond acceptors (Lipinski definition) is 5. The number of nitrogens with zero attached hydrogens (tertiary/aromatic N) is 1. The van der Waals surface area contributed by atoms with Crippen LogP contribution in [-0.4, -0.2) is 43.1 Å². The molecule has 0 aromatic rings. The second-order valence-electron chi connectivity index (χ2n) is 5.24. The van der Waals surface area contributed by atoms with Crippen LogP contribution in [0.1, 0.15) is 0 Å². The van der Waals surface area contributed by atoms with Gasteiger partial charge < -0.3 is 9.30 Å². The third-order valence-electron chi connectivity index (χ3n) is 2.41. The van der Waals surface area contributed by atoms with Crippen molar-refractivity contribution in [1.29, 1.82) is 0 Å². The maximum atomic E-state index is 14.3. The molecule has 1 fully saturated rings. The highest BCUT2D eigenvalue weighted by Crippen LogP contribution is 2.22. The average molecular weight is 300 g/mol. The molecule has 0 radical (unpaired) electrons. The monoisotopic (exact) mass is 299 g/mol. The van der Waals surface area contributed by atoms with Gasteiger partial charge >= 0.3 is 0 Å². The number of hydrogen-bond donors (Lipinski definition) is 2. The van der Waals surface area contributed by atoms with Crippen molar-refractivity contribution in [2.24, 2.45) is 0 Å². The zero-order chi connectivity index (χ0) is 12.8. The van der Waals surface area contributed by atoms with Gasteiger partial charge in [-0.25, -0.2) is 0 Å². The summed E-state index contributed by atoms with van der Waals surface area (Å²) in [6.45, 7) is 9.46.